The number of amides is 1. The third-order valence-electron chi connectivity index (χ3n) is 4.36. The predicted octanol–water partition coefficient (Wildman–Crippen LogP) is 1.27. The fourth-order valence-electron chi connectivity index (χ4n) is 3.13. The molecule has 6 nitrogen and oxygen atoms in total. The molecule has 1 saturated carbocycles. The van der Waals surface area contributed by atoms with Gasteiger partial charge in [0.25, 0.3) is 0 Å². The fraction of sp³-hybridized carbons (Fsp3) is 0.786. The van der Waals surface area contributed by atoms with Crippen LogP contribution in [0.3, 0.4) is 0 Å². The Labute approximate surface area is 131 Å². The summed E-state index contributed by atoms with van der Waals surface area (Å²) in [5, 5.41) is 19.5. The van der Waals surface area contributed by atoms with E-state index in [1.165, 1.54) is 0 Å². The summed E-state index contributed by atoms with van der Waals surface area (Å²) >= 11 is 0. The van der Waals surface area contributed by atoms with Gasteiger partial charge in [-0.15, -0.1) is 0 Å². The lowest BCUT2D eigenvalue weighted by Crippen LogP contribution is -2.51. The third-order valence-corrected chi connectivity index (χ3v) is 4.36. The number of aliphatic carboxylic acids is 1. The molecule has 2 N–H and O–H groups in total. The van der Waals surface area contributed by atoms with Gasteiger partial charge in [0.05, 0.1) is 12.1 Å². The van der Waals surface area contributed by atoms with E-state index in [1.807, 2.05) is 4.90 Å². The number of carbonyl (C=O) groups is 2. The summed E-state index contributed by atoms with van der Waals surface area (Å²) in [6.45, 7) is 0.940. The SMILES string of the molecule is N#CC1C[C@@H]2C[C@@H]2N1C(=O)C1CCCCN1.O=C(O)C(F)(F)F. The van der Waals surface area contributed by atoms with Gasteiger partial charge in [0.2, 0.25) is 5.91 Å². The Balaban J connectivity index is 0.000000236. The standard InChI is InChI=1S/C12H17N3O.C2HF3O2/c13-7-9-5-8-6-11(8)15(9)12(16)10-3-1-2-4-14-10;3-2(4,5)1(6)7/h8-11,14H,1-6H2;(H,6,7)/t8-,9?,10?,11+;/m1./s1. The van der Waals surface area contributed by atoms with E-state index in [-0.39, 0.29) is 18.0 Å². The second-order valence-corrected chi connectivity index (χ2v) is 5.99. The molecular weight excluding hydrogens is 315 g/mol. The molecule has 3 fully saturated rings. The number of nitriles is 1. The molecule has 4 atom stereocenters. The minimum absolute atomic E-state index is 0.0241. The Morgan fingerprint density at radius 3 is 2.39 bits per heavy atom. The van der Waals surface area contributed by atoms with Crippen LogP contribution >= 0.6 is 0 Å². The predicted molar refractivity (Wildman–Crippen MR) is 72.1 cm³/mol. The maximum Gasteiger partial charge on any atom is 0.490 e. The molecule has 2 unspecified atom stereocenters. The van der Waals surface area contributed by atoms with E-state index in [1.54, 1.807) is 0 Å². The number of hydrogen-bond donors (Lipinski definition) is 2. The van der Waals surface area contributed by atoms with Gasteiger partial charge in [-0.3, -0.25) is 4.79 Å². The third kappa shape index (κ3) is 4.13. The zero-order valence-electron chi connectivity index (χ0n) is 12.3. The Morgan fingerprint density at radius 2 is 1.91 bits per heavy atom. The van der Waals surface area contributed by atoms with Crippen molar-refractivity contribution >= 4 is 11.9 Å². The number of carboxylic acid groups (broad SMARTS) is 1. The van der Waals surface area contributed by atoms with Crippen molar-refractivity contribution in [2.75, 3.05) is 6.54 Å². The topological polar surface area (TPSA) is 93.4 Å². The molecule has 0 bridgehead atoms. The van der Waals surface area contributed by atoms with Crippen molar-refractivity contribution in [2.24, 2.45) is 5.92 Å². The lowest BCUT2D eigenvalue weighted by molar-refractivity contribution is -0.192. The molecule has 0 aromatic rings. The van der Waals surface area contributed by atoms with Crippen LogP contribution in [0.1, 0.15) is 32.1 Å². The number of nitrogens with zero attached hydrogens (tertiary/aromatic N) is 2. The molecule has 2 saturated heterocycles. The molecule has 2 aliphatic heterocycles. The summed E-state index contributed by atoms with van der Waals surface area (Å²) in [6, 6.07) is 2.48. The molecular formula is C14H18F3N3O3. The van der Waals surface area contributed by atoms with Crippen LogP contribution in [0.15, 0.2) is 0 Å². The van der Waals surface area contributed by atoms with E-state index in [0.717, 1.165) is 38.6 Å². The second kappa shape index (κ2) is 6.74. The monoisotopic (exact) mass is 333 g/mol. The largest absolute Gasteiger partial charge is 0.490 e. The number of likely N-dealkylation sites (tertiary alicyclic amines) is 1. The molecule has 0 aromatic carbocycles. The number of halogens is 3. The highest BCUT2D eigenvalue weighted by molar-refractivity contribution is 5.83. The number of carbonyl (C=O) groups excluding carboxylic acids is 1. The Bertz CT molecular complexity index is 512. The Morgan fingerprint density at radius 1 is 1.26 bits per heavy atom. The van der Waals surface area contributed by atoms with Crippen LogP contribution in [0, 0.1) is 17.2 Å². The number of nitrogens with one attached hydrogen (secondary N) is 1. The molecule has 9 heteroatoms. The summed E-state index contributed by atoms with van der Waals surface area (Å²) in [6.07, 6.45) is 0.168. The first-order chi connectivity index (χ1) is 10.8. The van der Waals surface area contributed by atoms with E-state index >= 15 is 0 Å². The Hall–Kier alpha value is -1.82. The highest BCUT2D eigenvalue weighted by Crippen LogP contribution is 2.47. The minimum atomic E-state index is -5.08. The first kappa shape index (κ1) is 17.5. The van der Waals surface area contributed by atoms with Gasteiger partial charge >= 0.3 is 12.1 Å². The van der Waals surface area contributed by atoms with Crippen LogP contribution in [-0.4, -0.2) is 52.7 Å². The number of hydrogen-bond acceptors (Lipinski definition) is 4. The molecule has 2 heterocycles. The number of fused-ring (bicyclic) bond motifs is 1. The average molecular weight is 333 g/mol. The molecule has 1 amide bonds. The van der Waals surface area contributed by atoms with Gasteiger partial charge in [0, 0.05) is 6.04 Å². The van der Waals surface area contributed by atoms with Crippen molar-refractivity contribution in [1.29, 1.82) is 5.26 Å². The van der Waals surface area contributed by atoms with E-state index in [9.17, 15) is 18.0 Å². The van der Waals surface area contributed by atoms with Crippen molar-refractivity contribution < 1.29 is 27.9 Å². The molecule has 0 spiro atoms. The van der Waals surface area contributed by atoms with Crippen LogP contribution in [0.25, 0.3) is 0 Å². The van der Waals surface area contributed by atoms with Crippen LogP contribution in [-0.2, 0) is 9.59 Å². The number of piperidine rings is 2. The lowest BCUT2D eigenvalue weighted by atomic mass is 10.0. The van der Waals surface area contributed by atoms with Gasteiger partial charge in [-0.1, -0.05) is 6.42 Å². The zero-order chi connectivity index (χ0) is 17.2. The van der Waals surface area contributed by atoms with Gasteiger partial charge < -0.3 is 15.3 Å². The second-order valence-electron chi connectivity index (χ2n) is 5.99. The molecule has 3 rings (SSSR count). The van der Waals surface area contributed by atoms with Crippen molar-refractivity contribution in [3.8, 4) is 6.07 Å². The van der Waals surface area contributed by atoms with Gasteiger partial charge in [-0.05, 0) is 38.1 Å². The van der Waals surface area contributed by atoms with Crippen LogP contribution in [0.2, 0.25) is 0 Å². The number of carboxylic acids is 1. The van der Waals surface area contributed by atoms with Gasteiger partial charge in [0.15, 0.2) is 0 Å². The van der Waals surface area contributed by atoms with Crippen molar-refractivity contribution in [3.05, 3.63) is 0 Å². The molecule has 0 aromatic heterocycles. The highest BCUT2D eigenvalue weighted by atomic mass is 19.4. The fourth-order valence-corrected chi connectivity index (χ4v) is 3.13. The van der Waals surface area contributed by atoms with E-state index < -0.39 is 12.1 Å². The van der Waals surface area contributed by atoms with E-state index in [2.05, 4.69) is 11.4 Å². The summed E-state index contributed by atoms with van der Waals surface area (Å²) in [5.74, 6) is -1.96. The molecule has 0 radical (unpaired) electrons. The summed E-state index contributed by atoms with van der Waals surface area (Å²) in [7, 11) is 0. The summed E-state index contributed by atoms with van der Waals surface area (Å²) in [4.78, 5) is 23.1. The van der Waals surface area contributed by atoms with Crippen LogP contribution < -0.4 is 5.32 Å². The van der Waals surface area contributed by atoms with E-state index in [0.29, 0.717) is 12.0 Å². The maximum atomic E-state index is 12.3. The molecule has 128 valence electrons. The van der Waals surface area contributed by atoms with Gasteiger partial charge in [-0.25, -0.2) is 4.79 Å². The normalized spacial score (nSPS) is 32.2. The highest BCUT2D eigenvalue weighted by Gasteiger charge is 2.54. The average Bonchev–Trinajstić information content (AvgIpc) is 3.17. The van der Waals surface area contributed by atoms with Crippen LogP contribution in [0.4, 0.5) is 13.2 Å². The smallest absolute Gasteiger partial charge is 0.475 e. The van der Waals surface area contributed by atoms with Crippen molar-refractivity contribution in [1.82, 2.24) is 10.2 Å². The molecule has 3 aliphatic rings. The van der Waals surface area contributed by atoms with Crippen molar-refractivity contribution in [3.63, 3.8) is 0 Å². The summed E-state index contributed by atoms with van der Waals surface area (Å²) in [5.41, 5.74) is 0. The molecule has 1 aliphatic carbocycles. The minimum Gasteiger partial charge on any atom is -0.475 e. The van der Waals surface area contributed by atoms with Gasteiger partial charge in [0.1, 0.15) is 6.04 Å². The number of rotatable bonds is 1. The quantitative estimate of drug-likeness (QED) is 0.754. The molecule has 23 heavy (non-hydrogen) atoms. The van der Waals surface area contributed by atoms with Crippen LogP contribution in [0.5, 0.6) is 0 Å². The van der Waals surface area contributed by atoms with Crippen molar-refractivity contribution in [2.45, 2.75) is 56.4 Å². The Kier molecular flexibility index (Phi) is 5.14. The number of alkyl halides is 3. The lowest BCUT2D eigenvalue weighted by Gasteiger charge is -2.30. The van der Waals surface area contributed by atoms with E-state index in [4.69, 9.17) is 15.2 Å². The first-order valence-electron chi connectivity index (χ1n) is 7.51. The first-order valence-corrected chi connectivity index (χ1v) is 7.51. The maximum absolute atomic E-state index is 12.3. The zero-order valence-corrected chi connectivity index (χ0v) is 12.3. The van der Waals surface area contributed by atoms with Gasteiger partial charge in [-0.2, -0.15) is 18.4 Å². The summed E-state index contributed by atoms with van der Waals surface area (Å²) < 4.78 is 31.7.